The Kier molecular flexibility index (Phi) is 4.78. The van der Waals surface area contributed by atoms with Gasteiger partial charge in [-0.3, -0.25) is 4.79 Å². The van der Waals surface area contributed by atoms with Gasteiger partial charge in [-0.05, 0) is 43.7 Å². The number of carboxylic acids is 1. The van der Waals surface area contributed by atoms with Crippen LogP contribution in [0.5, 0.6) is 5.75 Å². The lowest BCUT2D eigenvalue weighted by Gasteiger charge is -2.26. The van der Waals surface area contributed by atoms with Crippen molar-refractivity contribution in [1.29, 1.82) is 0 Å². The number of carboxylic acid groups (broad SMARTS) is 1. The summed E-state index contributed by atoms with van der Waals surface area (Å²) in [6.07, 6.45) is -4.79. The molecule has 2 rings (SSSR count). The number of furan rings is 1. The molecule has 0 radical (unpaired) electrons. The minimum absolute atomic E-state index is 0.192. The molecule has 9 heteroatoms. The van der Waals surface area contributed by atoms with Crippen LogP contribution in [0.25, 0.3) is 0 Å². The third-order valence-electron chi connectivity index (χ3n) is 3.28. The van der Waals surface area contributed by atoms with Crippen molar-refractivity contribution in [2.75, 3.05) is 0 Å². The Labute approximate surface area is 140 Å². The fourth-order valence-corrected chi connectivity index (χ4v) is 2.07. The van der Waals surface area contributed by atoms with Crippen molar-refractivity contribution in [1.82, 2.24) is 5.32 Å². The van der Waals surface area contributed by atoms with Gasteiger partial charge in [0.1, 0.15) is 5.75 Å². The number of benzene rings is 1. The maximum Gasteiger partial charge on any atom is 0.573 e. The van der Waals surface area contributed by atoms with Gasteiger partial charge in [0.05, 0.1) is 5.54 Å². The summed E-state index contributed by atoms with van der Waals surface area (Å²) in [6, 6.07) is 7.39. The SMILES string of the molecule is CC(C)(NC(=O)c1ccc(C(=O)O)o1)c1ccc(OC(F)(F)F)cc1. The van der Waals surface area contributed by atoms with Crippen molar-refractivity contribution in [3.8, 4) is 5.75 Å². The minimum atomic E-state index is -4.79. The number of alkyl halides is 3. The highest BCUT2D eigenvalue weighted by atomic mass is 19.4. The summed E-state index contributed by atoms with van der Waals surface area (Å²) in [7, 11) is 0. The van der Waals surface area contributed by atoms with Crippen LogP contribution in [0.4, 0.5) is 13.2 Å². The van der Waals surface area contributed by atoms with E-state index in [0.717, 1.165) is 18.2 Å². The number of hydrogen-bond acceptors (Lipinski definition) is 4. The molecule has 6 nitrogen and oxygen atoms in total. The van der Waals surface area contributed by atoms with E-state index in [-0.39, 0.29) is 17.3 Å². The molecule has 0 aliphatic carbocycles. The smallest absolute Gasteiger partial charge is 0.475 e. The van der Waals surface area contributed by atoms with E-state index in [0.29, 0.717) is 5.56 Å². The van der Waals surface area contributed by atoms with Crippen LogP contribution < -0.4 is 10.1 Å². The van der Waals surface area contributed by atoms with Crippen LogP contribution >= 0.6 is 0 Å². The molecule has 0 fully saturated rings. The summed E-state index contributed by atoms with van der Waals surface area (Å²) in [5.74, 6) is -2.92. The van der Waals surface area contributed by atoms with Crippen LogP contribution in [-0.4, -0.2) is 23.3 Å². The molecule has 0 atom stereocenters. The molecule has 1 aromatic carbocycles. The van der Waals surface area contributed by atoms with Crippen LogP contribution in [0.1, 0.15) is 40.5 Å². The Morgan fingerprint density at radius 2 is 1.60 bits per heavy atom. The molecular formula is C16H14F3NO5. The first-order valence-electron chi connectivity index (χ1n) is 7.00. The molecule has 25 heavy (non-hydrogen) atoms. The van der Waals surface area contributed by atoms with Gasteiger partial charge < -0.3 is 19.6 Å². The van der Waals surface area contributed by atoms with Gasteiger partial charge in [0.2, 0.25) is 5.76 Å². The van der Waals surface area contributed by atoms with Crippen molar-refractivity contribution in [3.05, 3.63) is 53.5 Å². The number of carbonyl (C=O) groups excluding carboxylic acids is 1. The molecule has 0 saturated heterocycles. The van der Waals surface area contributed by atoms with Crippen LogP contribution in [0, 0.1) is 0 Å². The molecule has 0 aliphatic rings. The summed E-state index contributed by atoms with van der Waals surface area (Å²) >= 11 is 0. The van der Waals surface area contributed by atoms with Crippen molar-refractivity contribution < 1.29 is 37.0 Å². The highest BCUT2D eigenvalue weighted by Gasteiger charge is 2.31. The van der Waals surface area contributed by atoms with Crippen molar-refractivity contribution in [2.45, 2.75) is 25.7 Å². The predicted octanol–water partition coefficient (Wildman–Crippen LogP) is 3.54. The maximum absolute atomic E-state index is 12.2. The van der Waals surface area contributed by atoms with Gasteiger partial charge >= 0.3 is 12.3 Å². The molecule has 0 aliphatic heterocycles. The summed E-state index contributed by atoms with van der Waals surface area (Å²) in [4.78, 5) is 22.9. The number of carbonyl (C=O) groups is 2. The van der Waals surface area contributed by atoms with Crippen LogP contribution in [-0.2, 0) is 5.54 Å². The molecule has 2 aromatic rings. The molecule has 0 saturated carbocycles. The Balaban J connectivity index is 2.12. The van der Waals surface area contributed by atoms with E-state index in [9.17, 15) is 22.8 Å². The van der Waals surface area contributed by atoms with E-state index in [2.05, 4.69) is 10.1 Å². The number of nitrogens with one attached hydrogen (secondary N) is 1. The van der Waals surface area contributed by atoms with E-state index in [4.69, 9.17) is 9.52 Å². The highest BCUT2D eigenvalue weighted by molar-refractivity contribution is 5.94. The Morgan fingerprint density at radius 1 is 1.04 bits per heavy atom. The van der Waals surface area contributed by atoms with E-state index >= 15 is 0 Å². The fraction of sp³-hybridized carbons (Fsp3) is 0.250. The fourth-order valence-electron chi connectivity index (χ4n) is 2.07. The number of ether oxygens (including phenoxy) is 1. The monoisotopic (exact) mass is 357 g/mol. The molecular weight excluding hydrogens is 343 g/mol. The highest BCUT2D eigenvalue weighted by Crippen LogP contribution is 2.27. The zero-order chi connectivity index (χ0) is 18.8. The summed E-state index contributed by atoms with van der Waals surface area (Å²) in [6.45, 7) is 3.26. The van der Waals surface area contributed by atoms with E-state index in [1.807, 2.05) is 0 Å². The summed E-state index contributed by atoms with van der Waals surface area (Å²) in [5.41, 5.74) is -0.440. The van der Waals surface area contributed by atoms with Crippen molar-refractivity contribution >= 4 is 11.9 Å². The Hall–Kier alpha value is -2.97. The van der Waals surface area contributed by atoms with Gasteiger partial charge in [0.15, 0.2) is 5.76 Å². The number of aromatic carboxylic acids is 1. The second-order valence-electron chi connectivity index (χ2n) is 5.62. The van der Waals surface area contributed by atoms with Crippen LogP contribution in [0.15, 0.2) is 40.8 Å². The topological polar surface area (TPSA) is 88.8 Å². The third-order valence-corrected chi connectivity index (χ3v) is 3.28. The molecule has 1 aromatic heterocycles. The van der Waals surface area contributed by atoms with Crippen molar-refractivity contribution in [3.63, 3.8) is 0 Å². The molecule has 1 amide bonds. The predicted molar refractivity (Wildman–Crippen MR) is 79.3 cm³/mol. The second-order valence-corrected chi connectivity index (χ2v) is 5.62. The largest absolute Gasteiger partial charge is 0.573 e. The normalized spacial score (nSPS) is 11.9. The molecule has 134 valence electrons. The van der Waals surface area contributed by atoms with Gasteiger partial charge in [0.25, 0.3) is 5.91 Å². The Morgan fingerprint density at radius 3 is 2.08 bits per heavy atom. The van der Waals surface area contributed by atoms with Gasteiger partial charge in [-0.2, -0.15) is 0 Å². The zero-order valence-electron chi connectivity index (χ0n) is 13.2. The number of amides is 1. The first-order valence-corrected chi connectivity index (χ1v) is 7.00. The van der Waals surface area contributed by atoms with Gasteiger partial charge in [-0.15, -0.1) is 13.2 Å². The zero-order valence-corrected chi connectivity index (χ0v) is 13.2. The summed E-state index contributed by atoms with van der Waals surface area (Å²) in [5, 5.41) is 11.4. The molecule has 0 unspecified atom stereocenters. The number of hydrogen-bond donors (Lipinski definition) is 2. The van der Waals surface area contributed by atoms with E-state index < -0.39 is 23.8 Å². The van der Waals surface area contributed by atoms with Crippen molar-refractivity contribution in [2.24, 2.45) is 0 Å². The van der Waals surface area contributed by atoms with Crippen LogP contribution in [0.3, 0.4) is 0 Å². The quantitative estimate of drug-likeness (QED) is 0.854. The first kappa shape index (κ1) is 18.4. The molecule has 1 heterocycles. The number of rotatable bonds is 5. The number of halogens is 3. The standard InChI is InChI=1S/C16H14F3NO5/c1-15(2,9-3-5-10(6-4-9)25-16(17,18)19)20-13(21)11-7-8-12(24-11)14(22)23/h3-8H,1-2H3,(H,20,21)(H,22,23). The molecule has 0 spiro atoms. The minimum Gasteiger partial charge on any atom is -0.475 e. The lowest BCUT2D eigenvalue weighted by Crippen LogP contribution is -2.40. The molecule has 0 bridgehead atoms. The molecule has 2 N–H and O–H groups in total. The maximum atomic E-state index is 12.2. The third kappa shape index (κ3) is 4.75. The Bertz CT molecular complexity index is 778. The van der Waals surface area contributed by atoms with Gasteiger partial charge in [-0.25, -0.2) is 4.79 Å². The van der Waals surface area contributed by atoms with E-state index in [1.165, 1.54) is 18.2 Å². The average molecular weight is 357 g/mol. The first-order chi connectivity index (χ1) is 11.5. The second kappa shape index (κ2) is 6.50. The lowest BCUT2D eigenvalue weighted by atomic mass is 9.94. The summed E-state index contributed by atoms with van der Waals surface area (Å²) < 4.78 is 45.2. The van der Waals surface area contributed by atoms with Crippen LogP contribution in [0.2, 0.25) is 0 Å². The van der Waals surface area contributed by atoms with E-state index in [1.54, 1.807) is 13.8 Å². The van der Waals surface area contributed by atoms with Gasteiger partial charge in [0, 0.05) is 0 Å². The average Bonchev–Trinajstić information content (AvgIpc) is 2.95. The lowest BCUT2D eigenvalue weighted by molar-refractivity contribution is -0.274. The van der Waals surface area contributed by atoms with Gasteiger partial charge in [-0.1, -0.05) is 12.1 Å².